The highest BCUT2D eigenvalue weighted by Gasteiger charge is 2.28. The van der Waals surface area contributed by atoms with Crippen molar-refractivity contribution in [2.75, 3.05) is 13.1 Å². The van der Waals surface area contributed by atoms with Crippen LogP contribution >= 0.6 is 12.4 Å². The number of nitrogens with two attached hydrogens (primary N) is 1. The van der Waals surface area contributed by atoms with Gasteiger partial charge in [-0.15, -0.1) is 12.4 Å². The molecule has 1 fully saturated rings. The number of hydrogen-bond acceptors (Lipinski definition) is 2. The monoisotopic (exact) mass is 313 g/mol. The van der Waals surface area contributed by atoms with Gasteiger partial charge in [-0.05, 0) is 52.5 Å². The van der Waals surface area contributed by atoms with Crippen LogP contribution in [0.2, 0.25) is 0 Å². The third-order valence-electron chi connectivity index (χ3n) is 4.61. The van der Waals surface area contributed by atoms with Crippen LogP contribution in [0.3, 0.4) is 0 Å². The Kier molecular flexibility index (Phi) is 6.29. The van der Waals surface area contributed by atoms with Gasteiger partial charge in [0, 0.05) is 37.1 Å². The van der Waals surface area contributed by atoms with E-state index in [1.54, 1.807) is 0 Å². The van der Waals surface area contributed by atoms with Crippen LogP contribution in [0.25, 0.3) is 0 Å². The zero-order valence-electron chi connectivity index (χ0n) is 13.6. The summed E-state index contributed by atoms with van der Waals surface area (Å²) in [6.07, 6.45) is 2.19. The van der Waals surface area contributed by atoms with Crippen LogP contribution in [0, 0.1) is 19.8 Å². The maximum atomic E-state index is 12.7. The number of likely N-dealkylation sites (tertiary alicyclic amines) is 1. The molecular weight excluding hydrogens is 286 g/mol. The van der Waals surface area contributed by atoms with E-state index in [1.165, 1.54) is 0 Å². The molecule has 0 spiro atoms. The molecule has 5 heteroatoms. The van der Waals surface area contributed by atoms with Crippen LogP contribution in [0.1, 0.15) is 48.4 Å². The average Bonchev–Trinajstić information content (AvgIpc) is 2.72. The van der Waals surface area contributed by atoms with Gasteiger partial charge < -0.3 is 15.2 Å². The lowest BCUT2D eigenvalue weighted by atomic mass is 9.92. The minimum Gasteiger partial charge on any atom is -0.349 e. The molecule has 2 heterocycles. The van der Waals surface area contributed by atoms with Crippen LogP contribution in [0.5, 0.6) is 0 Å². The van der Waals surface area contributed by atoms with Crippen LogP contribution in [-0.2, 0) is 6.54 Å². The molecule has 2 atom stereocenters. The number of carbonyl (C=O) groups excluding carboxylic acids is 1. The fraction of sp³-hybridized carbons (Fsp3) is 0.688. The molecule has 0 bridgehead atoms. The molecule has 1 aromatic rings. The minimum atomic E-state index is 0. The highest BCUT2D eigenvalue weighted by Crippen LogP contribution is 2.23. The standard InChI is InChI=1S/C16H27N3O.ClH/c1-5-19-11(2)9-15(13(19)4)16(20)18-8-6-7-14(10-18)12(3)17;/h9,12,14H,5-8,10,17H2,1-4H3;1H. The second kappa shape index (κ2) is 7.32. The summed E-state index contributed by atoms with van der Waals surface area (Å²) in [6, 6.07) is 2.19. The number of aryl methyl sites for hydroxylation is 1. The quantitative estimate of drug-likeness (QED) is 0.933. The molecule has 2 N–H and O–H groups in total. The number of piperidine rings is 1. The molecule has 1 aliphatic rings. The van der Waals surface area contributed by atoms with Gasteiger partial charge in [-0.1, -0.05) is 0 Å². The Hall–Kier alpha value is -1.00. The first kappa shape index (κ1) is 18.1. The molecule has 0 radical (unpaired) electrons. The van der Waals surface area contributed by atoms with Gasteiger partial charge in [-0.3, -0.25) is 4.79 Å². The van der Waals surface area contributed by atoms with Gasteiger partial charge in [0.05, 0.1) is 5.56 Å². The first-order valence-electron chi connectivity index (χ1n) is 7.67. The normalized spacial score (nSPS) is 20.0. The fourth-order valence-electron chi connectivity index (χ4n) is 3.30. The van der Waals surface area contributed by atoms with Crippen molar-refractivity contribution in [3.8, 4) is 0 Å². The molecule has 21 heavy (non-hydrogen) atoms. The summed E-state index contributed by atoms with van der Waals surface area (Å²) >= 11 is 0. The second-order valence-electron chi connectivity index (χ2n) is 6.04. The van der Waals surface area contributed by atoms with Crippen LogP contribution in [-0.4, -0.2) is 34.5 Å². The van der Waals surface area contributed by atoms with Crippen LogP contribution in [0.4, 0.5) is 0 Å². The fourth-order valence-corrected chi connectivity index (χ4v) is 3.30. The van der Waals surface area contributed by atoms with Crippen molar-refractivity contribution in [3.63, 3.8) is 0 Å². The number of carbonyl (C=O) groups is 1. The maximum absolute atomic E-state index is 12.7. The summed E-state index contributed by atoms with van der Waals surface area (Å²) in [5.74, 6) is 0.602. The van der Waals surface area contributed by atoms with Gasteiger partial charge in [0.2, 0.25) is 0 Å². The molecule has 0 saturated carbocycles. The van der Waals surface area contributed by atoms with Crippen molar-refractivity contribution >= 4 is 18.3 Å². The number of aromatic nitrogens is 1. The summed E-state index contributed by atoms with van der Waals surface area (Å²) in [5.41, 5.74) is 9.10. The van der Waals surface area contributed by atoms with Crippen molar-refractivity contribution in [2.45, 2.75) is 53.1 Å². The van der Waals surface area contributed by atoms with E-state index in [0.29, 0.717) is 5.92 Å². The van der Waals surface area contributed by atoms with Crippen molar-refractivity contribution in [1.82, 2.24) is 9.47 Å². The first-order valence-corrected chi connectivity index (χ1v) is 7.67. The number of rotatable bonds is 3. The third kappa shape index (κ3) is 3.61. The molecule has 2 rings (SSSR count). The van der Waals surface area contributed by atoms with Crippen LogP contribution in [0.15, 0.2) is 6.07 Å². The molecule has 1 aliphatic heterocycles. The summed E-state index contributed by atoms with van der Waals surface area (Å²) in [4.78, 5) is 14.7. The topological polar surface area (TPSA) is 51.3 Å². The van der Waals surface area contributed by atoms with E-state index in [9.17, 15) is 4.79 Å². The Labute approximate surface area is 134 Å². The predicted octanol–water partition coefficient (Wildman–Crippen LogP) is 2.75. The van der Waals surface area contributed by atoms with Gasteiger partial charge in [-0.2, -0.15) is 0 Å². The lowest BCUT2D eigenvalue weighted by molar-refractivity contribution is 0.0660. The van der Waals surface area contributed by atoms with E-state index < -0.39 is 0 Å². The highest BCUT2D eigenvalue weighted by atomic mass is 35.5. The largest absolute Gasteiger partial charge is 0.349 e. The average molecular weight is 314 g/mol. The molecule has 120 valence electrons. The van der Waals surface area contributed by atoms with E-state index in [4.69, 9.17) is 5.73 Å². The predicted molar refractivity (Wildman–Crippen MR) is 89.1 cm³/mol. The maximum Gasteiger partial charge on any atom is 0.255 e. The minimum absolute atomic E-state index is 0. The van der Waals surface area contributed by atoms with E-state index >= 15 is 0 Å². The number of amides is 1. The zero-order chi connectivity index (χ0) is 14.9. The van der Waals surface area contributed by atoms with Crippen molar-refractivity contribution in [3.05, 3.63) is 23.0 Å². The number of hydrogen-bond donors (Lipinski definition) is 1. The SMILES string of the molecule is CCn1c(C)cc(C(=O)N2CCCC(C(C)N)C2)c1C.Cl. The Balaban J connectivity index is 0.00000220. The molecular formula is C16H28ClN3O. The van der Waals surface area contributed by atoms with E-state index in [1.807, 2.05) is 24.8 Å². The van der Waals surface area contributed by atoms with Gasteiger partial charge in [0.1, 0.15) is 0 Å². The van der Waals surface area contributed by atoms with E-state index in [-0.39, 0.29) is 24.4 Å². The third-order valence-corrected chi connectivity index (χ3v) is 4.61. The van der Waals surface area contributed by atoms with Crippen molar-refractivity contribution in [2.24, 2.45) is 11.7 Å². The van der Waals surface area contributed by atoms with E-state index in [0.717, 1.165) is 49.4 Å². The molecule has 1 amide bonds. The summed E-state index contributed by atoms with van der Waals surface area (Å²) in [5, 5.41) is 0. The molecule has 0 aliphatic carbocycles. The lowest BCUT2D eigenvalue weighted by Gasteiger charge is -2.34. The summed E-state index contributed by atoms with van der Waals surface area (Å²) in [6.45, 7) is 10.8. The molecule has 2 unspecified atom stereocenters. The van der Waals surface area contributed by atoms with Crippen LogP contribution < -0.4 is 5.73 Å². The smallest absolute Gasteiger partial charge is 0.255 e. The van der Waals surface area contributed by atoms with Crippen molar-refractivity contribution in [1.29, 1.82) is 0 Å². The van der Waals surface area contributed by atoms with Gasteiger partial charge in [0.15, 0.2) is 0 Å². The first-order chi connectivity index (χ1) is 9.45. The lowest BCUT2D eigenvalue weighted by Crippen LogP contribution is -2.45. The second-order valence-corrected chi connectivity index (χ2v) is 6.04. The number of halogens is 1. The molecule has 4 nitrogen and oxygen atoms in total. The summed E-state index contributed by atoms with van der Waals surface area (Å²) in [7, 11) is 0. The molecule has 0 aromatic carbocycles. The van der Waals surface area contributed by atoms with Gasteiger partial charge in [-0.25, -0.2) is 0 Å². The molecule has 1 saturated heterocycles. The van der Waals surface area contributed by atoms with E-state index in [2.05, 4.69) is 18.4 Å². The van der Waals surface area contributed by atoms with Gasteiger partial charge in [0.25, 0.3) is 5.91 Å². The molecule has 1 aromatic heterocycles. The Bertz CT molecular complexity index is 496. The number of nitrogens with zero attached hydrogens (tertiary/aromatic N) is 2. The van der Waals surface area contributed by atoms with Crippen molar-refractivity contribution < 1.29 is 4.79 Å². The zero-order valence-corrected chi connectivity index (χ0v) is 14.4. The summed E-state index contributed by atoms with van der Waals surface area (Å²) < 4.78 is 2.19. The Morgan fingerprint density at radius 1 is 1.48 bits per heavy atom. The Morgan fingerprint density at radius 2 is 2.14 bits per heavy atom. The van der Waals surface area contributed by atoms with Gasteiger partial charge >= 0.3 is 0 Å². The highest BCUT2D eigenvalue weighted by molar-refractivity contribution is 5.95. The Morgan fingerprint density at radius 3 is 2.67 bits per heavy atom.